The van der Waals surface area contributed by atoms with Crippen LogP contribution in [-0.4, -0.2) is 26.3 Å². The van der Waals surface area contributed by atoms with Gasteiger partial charge in [0.25, 0.3) is 0 Å². The molecule has 1 heterocycles. The molecule has 0 amide bonds. The minimum atomic E-state index is 0.513. The van der Waals surface area contributed by atoms with Gasteiger partial charge in [-0.05, 0) is 72.5 Å². The van der Waals surface area contributed by atoms with Crippen molar-refractivity contribution in [3.63, 3.8) is 0 Å². The Hall–Kier alpha value is -3.47. The first-order valence-corrected chi connectivity index (χ1v) is 9.32. The van der Waals surface area contributed by atoms with Gasteiger partial charge >= 0.3 is 0 Å². The van der Waals surface area contributed by atoms with Crippen LogP contribution in [-0.2, 0) is 0 Å². The molecule has 5 nitrogen and oxygen atoms in total. The van der Waals surface area contributed by atoms with Crippen molar-refractivity contribution < 1.29 is 18.6 Å². The third kappa shape index (κ3) is 3.40. The lowest BCUT2D eigenvalue weighted by atomic mass is 9.99. The average Bonchev–Trinajstić information content (AvgIpc) is 3.16. The van der Waals surface area contributed by atoms with E-state index in [-0.39, 0.29) is 0 Å². The highest BCUT2D eigenvalue weighted by Gasteiger charge is 2.15. The van der Waals surface area contributed by atoms with Crippen LogP contribution in [0.1, 0.15) is 11.1 Å². The first-order chi connectivity index (χ1) is 14.0. The summed E-state index contributed by atoms with van der Waals surface area (Å²) in [5.41, 5.74) is 6.68. The molecule has 0 atom stereocenters. The Labute approximate surface area is 169 Å². The number of methoxy groups -OCH3 is 3. The molecule has 0 aliphatic carbocycles. The highest BCUT2D eigenvalue weighted by atomic mass is 16.5. The summed E-state index contributed by atoms with van der Waals surface area (Å²) in [6.45, 7) is 4.10. The molecule has 0 radical (unpaired) electrons. The summed E-state index contributed by atoms with van der Waals surface area (Å²) in [5, 5.41) is 0. The fourth-order valence-electron chi connectivity index (χ4n) is 3.63. The van der Waals surface area contributed by atoms with E-state index in [9.17, 15) is 0 Å². The molecule has 0 saturated heterocycles. The molecular formula is C24H23NO4. The van der Waals surface area contributed by atoms with Crippen LogP contribution < -0.4 is 14.2 Å². The summed E-state index contributed by atoms with van der Waals surface area (Å²) in [4.78, 5) is 4.64. The molecule has 1 aromatic heterocycles. The van der Waals surface area contributed by atoms with Gasteiger partial charge in [-0.2, -0.15) is 0 Å². The monoisotopic (exact) mass is 389 g/mol. The second-order valence-corrected chi connectivity index (χ2v) is 6.91. The van der Waals surface area contributed by atoms with Crippen LogP contribution in [0.25, 0.3) is 33.7 Å². The maximum absolute atomic E-state index is 6.08. The second-order valence-electron chi connectivity index (χ2n) is 6.91. The zero-order chi connectivity index (χ0) is 20.5. The quantitative estimate of drug-likeness (QED) is 0.431. The second kappa shape index (κ2) is 7.51. The maximum atomic E-state index is 6.08. The topological polar surface area (TPSA) is 53.7 Å². The number of hydrogen-bond donors (Lipinski definition) is 0. The summed E-state index contributed by atoms with van der Waals surface area (Å²) in [6.07, 6.45) is 0. The first-order valence-electron chi connectivity index (χ1n) is 9.32. The van der Waals surface area contributed by atoms with E-state index in [1.54, 1.807) is 21.3 Å². The number of hydrogen-bond acceptors (Lipinski definition) is 5. The molecule has 0 spiro atoms. The number of rotatable bonds is 5. The molecular weight excluding hydrogens is 366 g/mol. The zero-order valence-corrected chi connectivity index (χ0v) is 17.2. The number of oxazole rings is 1. The Bertz CT molecular complexity index is 1170. The van der Waals surface area contributed by atoms with Gasteiger partial charge in [-0.1, -0.05) is 6.07 Å². The number of ether oxygens (including phenoxy) is 3. The lowest BCUT2D eigenvalue weighted by molar-refractivity contribution is 0.394. The van der Waals surface area contributed by atoms with E-state index in [2.05, 4.69) is 37.0 Å². The highest BCUT2D eigenvalue weighted by Crippen LogP contribution is 2.36. The smallest absolute Gasteiger partial charge is 0.231 e. The van der Waals surface area contributed by atoms with Gasteiger partial charge < -0.3 is 18.6 Å². The van der Waals surface area contributed by atoms with Crippen LogP contribution in [0.15, 0.2) is 52.9 Å². The van der Waals surface area contributed by atoms with Crippen molar-refractivity contribution in [1.29, 1.82) is 0 Å². The van der Waals surface area contributed by atoms with Crippen molar-refractivity contribution in [3.8, 4) is 39.8 Å². The Morgan fingerprint density at radius 1 is 0.759 bits per heavy atom. The van der Waals surface area contributed by atoms with E-state index in [1.165, 1.54) is 0 Å². The van der Waals surface area contributed by atoms with E-state index in [0.29, 0.717) is 17.4 Å². The van der Waals surface area contributed by atoms with Crippen LogP contribution in [0.4, 0.5) is 0 Å². The van der Waals surface area contributed by atoms with E-state index < -0.39 is 0 Å². The van der Waals surface area contributed by atoms with Gasteiger partial charge in [0.1, 0.15) is 22.8 Å². The van der Waals surface area contributed by atoms with E-state index in [0.717, 1.165) is 44.7 Å². The fourth-order valence-corrected chi connectivity index (χ4v) is 3.63. The number of nitrogens with zero attached hydrogens (tertiary/aromatic N) is 1. The molecule has 5 heteroatoms. The van der Waals surface area contributed by atoms with Crippen molar-refractivity contribution in [2.45, 2.75) is 13.8 Å². The van der Waals surface area contributed by atoms with E-state index in [1.807, 2.05) is 30.3 Å². The predicted molar refractivity (Wildman–Crippen MR) is 114 cm³/mol. The van der Waals surface area contributed by atoms with Gasteiger partial charge in [0.15, 0.2) is 5.58 Å². The summed E-state index contributed by atoms with van der Waals surface area (Å²) in [7, 11) is 4.94. The molecule has 4 aromatic rings. The Kier molecular flexibility index (Phi) is 4.89. The molecule has 0 aliphatic rings. The van der Waals surface area contributed by atoms with E-state index in [4.69, 9.17) is 18.6 Å². The zero-order valence-electron chi connectivity index (χ0n) is 17.2. The van der Waals surface area contributed by atoms with Gasteiger partial charge in [-0.3, -0.25) is 0 Å². The Morgan fingerprint density at radius 2 is 1.52 bits per heavy atom. The molecule has 0 bridgehead atoms. The lowest BCUT2D eigenvalue weighted by Crippen LogP contribution is -1.92. The summed E-state index contributed by atoms with van der Waals surface area (Å²) < 4.78 is 22.3. The third-order valence-corrected chi connectivity index (χ3v) is 5.03. The lowest BCUT2D eigenvalue weighted by Gasteiger charge is -2.11. The fraction of sp³-hybridized carbons (Fsp3) is 0.208. The Balaban J connectivity index is 1.78. The van der Waals surface area contributed by atoms with Crippen LogP contribution in [0.2, 0.25) is 0 Å². The largest absolute Gasteiger partial charge is 0.497 e. The maximum Gasteiger partial charge on any atom is 0.231 e. The van der Waals surface area contributed by atoms with Gasteiger partial charge in [0.05, 0.1) is 26.9 Å². The SMILES string of the molecule is COc1ccc(-c2nc3ccc(-c4cc(C)c(OC)c(C)c4)cc3o2)c(OC)c1. The number of benzene rings is 3. The van der Waals surface area contributed by atoms with E-state index >= 15 is 0 Å². The van der Waals surface area contributed by atoms with Gasteiger partial charge in [0, 0.05) is 6.07 Å². The summed E-state index contributed by atoms with van der Waals surface area (Å²) in [5.74, 6) is 2.80. The molecule has 4 rings (SSSR count). The number of fused-ring (bicyclic) bond motifs is 1. The molecule has 148 valence electrons. The molecule has 29 heavy (non-hydrogen) atoms. The van der Waals surface area contributed by atoms with Crippen LogP contribution in [0.3, 0.4) is 0 Å². The van der Waals surface area contributed by atoms with Crippen LogP contribution in [0.5, 0.6) is 17.2 Å². The van der Waals surface area contributed by atoms with Crippen molar-refractivity contribution in [1.82, 2.24) is 4.98 Å². The van der Waals surface area contributed by atoms with Crippen molar-refractivity contribution in [2.75, 3.05) is 21.3 Å². The van der Waals surface area contributed by atoms with Crippen LogP contribution >= 0.6 is 0 Å². The summed E-state index contributed by atoms with van der Waals surface area (Å²) in [6, 6.07) is 15.9. The third-order valence-electron chi connectivity index (χ3n) is 5.03. The molecule has 3 aromatic carbocycles. The van der Waals surface area contributed by atoms with Crippen molar-refractivity contribution in [3.05, 3.63) is 59.7 Å². The first kappa shape index (κ1) is 18.9. The standard InChI is InChI=1S/C24H23NO4/c1-14-10-17(11-15(2)23(14)28-5)16-6-9-20-22(12-16)29-24(25-20)19-8-7-18(26-3)13-21(19)27-4/h6-13H,1-5H3. The predicted octanol–water partition coefficient (Wildman–Crippen LogP) is 5.80. The molecule has 0 N–H and O–H groups in total. The number of aryl methyl sites for hydroxylation is 2. The Morgan fingerprint density at radius 3 is 2.17 bits per heavy atom. The minimum absolute atomic E-state index is 0.513. The number of aromatic nitrogens is 1. The summed E-state index contributed by atoms with van der Waals surface area (Å²) >= 11 is 0. The van der Waals surface area contributed by atoms with Gasteiger partial charge in [-0.25, -0.2) is 4.98 Å². The normalized spacial score (nSPS) is 10.9. The molecule has 0 fully saturated rings. The molecule has 0 saturated carbocycles. The molecule has 0 aliphatic heterocycles. The van der Waals surface area contributed by atoms with Crippen molar-refractivity contribution in [2.24, 2.45) is 0 Å². The van der Waals surface area contributed by atoms with Crippen LogP contribution in [0, 0.1) is 13.8 Å². The minimum Gasteiger partial charge on any atom is -0.497 e. The highest BCUT2D eigenvalue weighted by molar-refractivity contribution is 5.83. The van der Waals surface area contributed by atoms with Gasteiger partial charge in [-0.15, -0.1) is 0 Å². The van der Waals surface area contributed by atoms with Crippen molar-refractivity contribution >= 4 is 11.1 Å². The van der Waals surface area contributed by atoms with Gasteiger partial charge in [0.2, 0.25) is 5.89 Å². The average molecular weight is 389 g/mol. The molecule has 0 unspecified atom stereocenters.